The third-order valence-electron chi connectivity index (χ3n) is 6.25. The molecular formula is C28H27N3O7S2. The predicted molar refractivity (Wildman–Crippen MR) is 155 cm³/mol. The fourth-order valence-electron chi connectivity index (χ4n) is 4.37. The number of aliphatic carboxylic acids is 1. The number of fused-ring (bicyclic) bond motifs is 1. The van der Waals surface area contributed by atoms with Crippen molar-refractivity contribution in [2.24, 2.45) is 0 Å². The monoisotopic (exact) mass is 581 g/mol. The van der Waals surface area contributed by atoms with Crippen LogP contribution in [0.1, 0.15) is 48.5 Å². The van der Waals surface area contributed by atoms with Gasteiger partial charge in [0.25, 0.3) is 11.8 Å². The number of thiocarbonyl (C=S) groups is 1. The van der Waals surface area contributed by atoms with E-state index in [4.69, 9.17) is 22.1 Å². The van der Waals surface area contributed by atoms with Gasteiger partial charge in [0.2, 0.25) is 5.91 Å². The predicted octanol–water partition coefficient (Wildman–Crippen LogP) is 4.07. The van der Waals surface area contributed by atoms with Crippen LogP contribution in [-0.4, -0.2) is 63.7 Å². The molecular weight excluding hydrogens is 554 g/mol. The Kier molecular flexibility index (Phi) is 9.33. The van der Waals surface area contributed by atoms with Crippen LogP contribution in [0, 0.1) is 0 Å². The topological polar surface area (TPSA) is 133 Å². The number of amides is 3. The molecule has 2 aromatic carbocycles. The molecule has 2 heterocycles. The van der Waals surface area contributed by atoms with Gasteiger partial charge in [-0.25, -0.2) is 4.79 Å². The van der Waals surface area contributed by atoms with E-state index in [9.17, 15) is 24.0 Å². The number of para-hydroxylation sites is 1. The fourth-order valence-corrected chi connectivity index (χ4v) is 5.75. The number of hydrogen-bond donors (Lipinski definition) is 2. The van der Waals surface area contributed by atoms with E-state index in [1.54, 1.807) is 43.3 Å². The number of nitrogens with one attached hydrogen (secondary N) is 1. The molecule has 2 aliphatic heterocycles. The quantitative estimate of drug-likeness (QED) is 0.174. The average molecular weight is 582 g/mol. The van der Waals surface area contributed by atoms with Gasteiger partial charge in [0.05, 0.1) is 28.3 Å². The van der Waals surface area contributed by atoms with Crippen molar-refractivity contribution < 1.29 is 33.8 Å². The van der Waals surface area contributed by atoms with Gasteiger partial charge in [-0.05, 0) is 50.1 Å². The number of rotatable bonds is 11. The van der Waals surface area contributed by atoms with E-state index < -0.39 is 23.8 Å². The largest absolute Gasteiger partial charge is 0.481 e. The summed E-state index contributed by atoms with van der Waals surface area (Å²) in [4.78, 5) is 65.3. The molecule has 0 atom stereocenters. The molecule has 208 valence electrons. The third kappa shape index (κ3) is 6.40. The Balaban J connectivity index is 1.47. The highest BCUT2D eigenvalue weighted by atomic mass is 32.2. The summed E-state index contributed by atoms with van der Waals surface area (Å²) in [5.41, 5.74) is 2.05. The Morgan fingerprint density at radius 2 is 1.70 bits per heavy atom. The van der Waals surface area contributed by atoms with Crippen molar-refractivity contribution in [2.75, 3.05) is 29.9 Å². The van der Waals surface area contributed by atoms with Crippen molar-refractivity contribution in [1.29, 1.82) is 0 Å². The number of anilines is 2. The summed E-state index contributed by atoms with van der Waals surface area (Å²) in [6, 6.07) is 13.2. The van der Waals surface area contributed by atoms with Gasteiger partial charge < -0.3 is 15.2 Å². The minimum Gasteiger partial charge on any atom is -0.481 e. The Bertz CT molecular complexity index is 1400. The molecule has 10 nitrogen and oxygen atoms in total. The highest BCUT2D eigenvalue weighted by Gasteiger charge is 2.42. The second kappa shape index (κ2) is 12.9. The van der Waals surface area contributed by atoms with Crippen LogP contribution in [0.5, 0.6) is 0 Å². The SMILES string of the molecule is CCOC(=O)c1ccc(NC(=O)CN2C(=O)/C(=C3\SC(=S)N(CCCCCC(=O)O)C3=O)c3ccccc32)cc1. The van der Waals surface area contributed by atoms with Crippen LogP contribution in [0.15, 0.2) is 53.4 Å². The fraction of sp³-hybridized carbons (Fsp3) is 0.286. The zero-order chi connectivity index (χ0) is 28.8. The van der Waals surface area contributed by atoms with Crippen LogP contribution >= 0.6 is 24.0 Å². The maximum atomic E-state index is 13.6. The van der Waals surface area contributed by atoms with Crippen LogP contribution in [0.25, 0.3) is 5.57 Å². The number of carboxylic acids is 1. The van der Waals surface area contributed by atoms with Gasteiger partial charge in [-0.15, -0.1) is 0 Å². The lowest BCUT2D eigenvalue weighted by Gasteiger charge is -2.17. The molecule has 1 fully saturated rings. The van der Waals surface area contributed by atoms with Gasteiger partial charge in [0, 0.05) is 24.2 Å². The molecule has 3 amide bonds. The van der Waals surface area contributed by atoms with Crippen LogP contribution in [0.4, 0.5) is 11.4 Å². The van der Waals surface area contributed by atoms with E-state index in [1.807, 2.05) is 0 Å². The number of benzene rings is 2. The van der Waals surface area contributed by atoms with Gasteiger partial charge in [-0.3, -0.25) is 29.0 Å². The minimum absolute atomic E-state index is 0.0655. The van der Waals surface area contributed by atoms with Crippen molar-refractivity contribution in [3.05, 3.63) is 64.6 Å². The van der Waals surface area contributed by atoms with Gasteiger partial charge in [-0.1, -0.05) is 48.6 Å². The second-order valence-corrected chi connectivity index (χ2v) is 10.6. The highest BCUT2D eigenvalue weighted by molar-refractivity contribution is 8.26. The molecule has 2 aliphatic rings. The summed E-state index contributed by atoms with van der Waals surface area (Å²) in [5, 5.41) is 11.5. The van der Waals surface area contributed by atoms with E-state index >= 15 is 0 Å². The van der Waals surface area contributed by atoms with Crippen LogP contribution in [0.2, 0.25) is 0 Å². The molecule has 0 aliphatic carbocycles. The zero-order valence-electron chi connectivity index (χ0n) is 21.7. The minimum atomic E-state index is -0.862. The summed E-state index contributed by atoms with van der Waals surface area (Å²) in [5.74, 6) is -2.63. The van der Waals surface area contributed by atoms with Gasteiger partial charge >= 0.3 is 11.9 Å². The van der Waals surface area contributed by atoms with Gasteiger partial charge in [-0.2, -0.15) is 0 Å². The second-order valence-electron chi connectivity index (χ2n) is 8.99. The van der Waals surface area contributed by atoms with Crippen LogP contribution in [-0.2, 0) is 23.9 Å². The first kappa shape index (κ1) is 29.0. The molecule has 0 saturated carbocycles. The number of carbonyl (C=O) groups excluding carboxylic acids is 4. The van der Waals surface area contributed by atoms with Crippen molar-refractivity contribution in [2.45, 2.75) is 32.6 Å². The average Bonchev–Trinajstić information content (AvgIpc) is 3.35. The van der Waals surface area contributed by atoms with E-state index in [0.29, 0.717) is 52.6 Å². The van der Waals surface area contributed by atoms with E-state index in [1.165, 1.54) is 21.9 Å². The number of esters is 1. The number of unbranched alkanes of at least 4 members (excludes halogenated alkanes) is 2. The molecule has 40 heavy (non-hydrogen) atoms. The summed E-state index contributed by atoms with van der Waals surface area (Å²) < 4.78 is 5.29. The van der Waals surface area contributed by atoms with Crippen molar-refractivity contribution in [3.63, 3.8) is 0 Å². The van der Waals surface area contributed by atoms with E-state index in [-0.39, 0.29) is 36.0 Å². The molecule has 0 radical (unpaired) electrons. The van der Waals surface area contributed by atoms with E-state index in [2.05, 4.69) is 5.32 Å². The maximum Gasteiger partial charge on any atom is 0.338 e. The maximum absolute atomic E-state index is 13.6. The van der Waals surface area contributed by atoms with Crippen LogP contribution < -0.4 is 10.2 Å². The Morgan fingerprint density at radius 1 is 0.975 bits per heavy atom. The number of nitrogens with zero attached hydrogens (tertiary/aromatic N) is 2. The van der Waals surface area contributed by atoms with E-state index in [0.717, 1.165) is 11.8 Å². The lowest BCUT2D eigenvalue weighted by atomic mass is 10.1. The normalized spacial score (nSPS) is 16.4. The Hall–Kier alpha value is -4.03. The van der Waals surface area contributed by atoms with Crippen molar-refractivity contribution in [1.82, 2.24) is 4.90 Å². The first-order valence-corrected chi connectivity index (χ1v) is 13.9. The lowest BCUT2D eigenvalue weighted by Crippen LogP contribution is -2.35. The van der Waals surface area contributed by atoms with Gasteiger partial charge in [0.15, 0.2) is 0 Å². The number of ether oxygens (including phenoxy) is 1. The molecule has 2 N–H and O–H groups in total. The zero-order valence-corrected chi connectivity index (χ0v) is 23.3. The molecule has 4 rings (SSSR count). The van der Waals surface area contributed by atoms with Gasteiger partial charge in [0.1, 0.15) is 10.9 Å². The summed E-state index contributed by atoms with van der Waals surface area (Å²) in [6.07, 6.45) is 1.78. The highest BCUT2D eigenvalue weighted by Crippen LogP contribution is 2.44. The van der Waals surface area contributed by atoms with Crippen molar-refractivity contribution >= 4 is 74.9 Å². The molecule has 0 aromatic heterocycles. The molecule has 2 aromatic rings. The molecule has 0 bridgehead atoms. The van der Waals surface area contributed by atoms with Crippen molar-refractivity contribution in [3.8, 4) is 0 Å². The lowest BCUT2D eigenvalue weighted by molar-refractivity contribution is -0.137. The molecule has 0 unspecified atom stereocenters. The Labute approximate surface area is 240 Å². The summed E-state index contributed by atoms with van der Waals surface area (Å²) >= 11 is 6.47. The Morgan fingerprint density at radius 3 is 2.40 bits per heavy atom. The number of carboxylic acid groups (broad SMARTS) is 1. The molecule has 1 saturated heterocycles. The molecule has 0 spiro atoms. The first-order valence-electron chi connectivity index (χ1n) is 12.7. The summed E-state index contributed by atoms with van der Waals surface area (Å²) in [6.45, 7) is 2.01. The first-order chi connectivity index (χ1) is 19.2. The summed E-state index contributed by atoms with van der Waals surface area (Å²) in [7, 11) is 0. The number of thioether (sulfide) groups is 1. The third-order valence-corrected chi connectivity index (χ3v) is 7.70. The molecule has 12 heteroatoms. The van der Waals surface area contributed by atoms with Crippen LogP contribution in [0.3, 0.4) is 0 Å². The number of hydrogen-bond acceptors (Lipinski definition) is 8. The smallest absolute Gasteiger partial charge is 0.338 e. The standard InChI is InChI=1S/C28H27N3O7S2/c1-2-38-27(37)17-11-13-18(14-12-17)29-21(32)16-31-20-9-6-5-8-19(20)23(25(31)35)24-26(36)30(28(39)40-24)15-7-3-4-10-22(33)34/h5-6,8-9,11-14H,2-4,7,10,15-16H2,1H3,(H,29,32)(H,33,34)/b24-23-. The number of carbonyl (C=O) groups is 5.